The first-order valence-electron chi connectivity index (χ1n) is 5.51. The number of aliphatic carboxylic acids is 1. The lowest BCUT2D eigenvalue weighted by Gasteiger charge is -2.08. The predicted molar refractivity (Wildman–Crippen MR) is 64.6 cm³/mol. The molecule has 0 spiro atoms. The average Bonchev–Trinajstić information content (AvgIpc) is 2.67. The lowest BCUT2D eigenvalue weighted by atomic mass is 10.2. The van der Waals surface area contributed by atoms with Crippen molar-refractivity contribution in [3.63, 3.8) is 0 Å². The van der Waals surface area contributed by atoms with Crippen LogP contribution in [0.3, 0.4) is 0 Å². The Labute approximate surface area is 105 Å². The van der Waals surface area contributed by atoms with Gasteiger partial charge in [-0.15, -0.1) is 0 Å². The van der Waals surface area contributed by atoms with Crippen molar-refractivity contribution in [1.82, 2.24) is 9.88 Å². The van der Waals surface area contributed by atoms with E-state index in [1.165, 1.54) is 24.5 Å². The molecule has 1 atom stereocenters. The van der Waals surface area contributed by atoms with E-state index in [-0.39, 0.29) is 12.3 Å². The van der Waals surface area contributed by atoms with E-state index in [9.17, 15) is 14.4 Å². The number of nitrogens with one attached hydrogen (secondary N) is 1. The van der Waals surface area contributed by atoms with Crippen LogP contribution in [0.15, 0.2) is 12.3 Å². The highest BCUT2D eigenvalue weighted by Gasteiger charge is 2.16. The Morgan fingerprint density at radius 2 is 2.06 bits per heavy atom. The molecule has 0 radical (unpaired) electrons. The number of ketones is 1. The molecule has 1 aromatic heterocycles. The molecule has 1 aromatic rings. The van der Waals surface area contributed by atoms with Gasteiger partial charge < -0.3 is 15.0 Å². The number of aromatic nitrogens is 1. The highest BCUT2D eigenvalue weighted by Crippen LogP contribution is 2.08. The van der Waals surface area contributed by atoms with E-state index >= 15 is 0 Å². The van der Waals surface area contributed by atoms with Crippen molar-refractivity contribution in [3.05, 3.63) is 23.5 Å². The zero-order valence-electron chi connectivity index (χ0n) is 10.6. The average molecular weight is 252 g/mol. The number of amides is 1. The molecule has 6 nitrogen and oxygen atoms in total. The molecule has 0 aliphatic rings. The molecule has 6 heteroatoms. The smallest absolute Gasteiger partial charge is 0.308 e. The summed E-state index contributed by atoms with van der Waals surface area (Å²) in [6.45, 7) is 2.98. The number of rotatable bonds is 5. The van der Waals surface area contributed by atoms with Gasteiger partial charge in [-0.25, -0.2) is 0 Å². The number of carbonyl (C=O) groups is 3. The minimum absolute atomic E-state index is 0.0503. The fourth-order valence-electron chi connectivity index (χ4n) is 1.41. The van der Waals surface area contributed by atoms with Crippen molar-refractivity contribution in [3.8, 4) is 0 Å². The Hall–Kier alpha value is -2.11. The van der Waals surface area contributed by atoms with Crippen molar-refractivity contribution in [2.75, 3.05) is 6.54 Å². The molecule has 0 saturated carbocycles. The summed E-state index contributed by atoms with van der Waals surface area (Å²) in [6, 6.07) is 1.49. The Balaban J connectivity index is 2.73. The number of carboxylic acids is 1. The second-order valence-corrected chi connectivity index (χ2v) is 4.23. The van der Waals surface area contributed by atoms with Gasteiger partial charge in [0.05, 0.1) is 5.92 Å². The van der Waals surface area contributed by atoms with E-state index < -0.39 is 17.8 Å². The van der Waals surface area contributed by atoms with E-state index in [4.69, 9.17) is 5.11 Å². The summed E-state index contributed by atoms with van der Waals surface area (Å²) in [5.74, 6) is -2.13. The maximum atomic E-state index is 11.8. The van der Waals surface area contributed by atoms with Crippen LogP contribution in [0.4, 0.5) is 0 Å². The van der Waals surface area contributed by atoms with Crippen LogP contribution < -0.4 is 5.32 Å². The summed E-state index contributed by atoms with van der Waals surface area (Å²) in [5.41, 5.74) is 0.784. The third-order valence-corrected chi connectivity index (χ3v) is 2.63. The van der Waals surface area contributed by atoms with E-state index in [1.807, 2.05) is 0 Å². The van der Waals surface area contributed by atoms with Crippen LogP contribution in [0.1, 0.15) is 34.7 Å². The normalized spacial score (nSPS) is 11.9. The molecule has 0 saturated heterocycles. The van der Waals surface area contributed by atoms with Crippen LogP contribution in [0.5, 0.6) is 0 Å². The second kappa shape index (κ2) is 5.48. The van der Waals surface area contributed by atoms with Gasteiger partial charge in [0.1, 0.15) is 5.69 Å². The lowest BCUT2D eigenvalue weighted by Crippen LogP contribution is -2.32. The van der Waals surface area contributed by atoms with Crippen LogP contribution in [-0.2, 0) is 11.8 Å². The van der Waals surface area contributed by atoms with E-state index in [0.29, 0.717) is 11.3 Å². The van der Waals surface area contributed by atoms with Crippen molar-refractivity contribution in [2.45, 2.75) is 13.8 Å². The van der Waals surface area contributed by atoms with Gasteiger partial charge >= 0.3 is 5.97 Å². The molecule has 1 heterocycles. The fourth-order valence-corrected chi connectivity index (χ4v) is 1.41. The van der Waals surface area contributed by atoms with Crippen LogP contribution in [-0.4, -0.2) is 33.9 Å². The maximum Gasteiger partial charge on any atom is 0.308 e. The SMILES string of the molecule is CC(=O)c1cc(C(=O)NCC(C)C(=O)O)n(C)c1. The first-order valence-corrected chi connectivity index (χ1v) is 5.51. The Bertz CT molecular complexity index is 490. The summed E-state index contributed by atoms with van der Waals surface area (Å²) in [5, 5.41) is 11.2. The molecule has 0 aliphatic carbocycles. The molecule has 98 valence electrons. The third kappa shape index (κ3) is 3.19. The van der Waals surface area contributed by atoms with Gasteiger partial charge in [-0.3, -0.25) is 14.4 Å². The number of Topliss-reactive ketones (excluding diaryl/α,β-unsaturated/α-hetero) is 1. The van der Waals surface area contributed by atoms with Gasteiger partial charge in [-0.2, -0.15) is 0 Å². The summed E-state index contributed by atoms with van der Waals surface area (Å²) in [4.78, 5) is 33.6. The molecule has 18 heavy (non-hydrogen) atoms. The highest BCUT2D eigenvalue weighted by molar-refractivity contribution is 5.99. The standard InChI is InChI=1S/C12H16N2O4/c1-7(12(17)18)5-13-11(16)10-4-9(8(2)15)6-14(10)3/h4,6-7H,5H2,1-3H3,(H,13,16)(H,17,18). The summed E-state index contributed by atoms with van der Waals surface area (Å²) >= 11 is 0. The Morgan fingerprint density at radius 3 is 2.50 bits per heavy atom. The van der Waals surface area contributed by atoms with Gasteiger partial charge in [0.2, 0.25) is 0 Å². The van der Waals surface area contributed by atoms with E-state index in [1.54, 1.807) is 13.2 Å². The zero-order chi connectivity index (χ0) is 13.9. The number of hydrogen-bond acceptors (Lipinski definition) is 3. The van der Waals surface area contributed by atoms with Crippen molar-refractivity contribution in [2.24, 2.45) is 13.0 Å². The molecule has 1 unspecified atom stereocenters. The Morgan fingerprint density at radius 1 is 1.44 bits per heavy atom. The molecule has 0 aromatic carbocycles. The van der Waals surface area contributed by atoms with Crippen molar-refractivity contribution >= 4 is 17.7 Å². The zero-order valence-corrected chi connectivity index (χ0v) is 10.6. The highest BCUT2D eigenvalue weighted by atomic mass is 16.4. The molecule has 0 aliphatic heterocycles. The number of hydrogen-bond donors (Lipinski definition) is 2. The summed E-state index contributed by atoms with van der Waals surface area (Å²) < 4.78 is 1.54. The van der Waals surface area contributed by atoms with Crippen molar-refractivity contribution in [1.29, 1.82) is 0 Å². The van der Waals surface area contributed by atoms with Crippen LogP contribution >= 0.6 is 0 Å². The minimum atomic E-state index is -0.966. The number of nitrogens with zero attached hydrogens (tertiary/aromatic N) is 1. The fraction of sp³-hybridized carbons (Fsp3) is 0.417. The number of carboxylic acid groups (broad SMARTS) is 1. The van der Waals surface area contributed by atoms with Gasteiger partial charge in [0, 0.05) is 25.4 Å². The molecule has 2 N–H and O–H groups in total. The lowest BCUT2D eigenvalue weighted by molar-refractivity contribution is -0.140. The molecule has 1 amide bonds. The van der Waals surface area contributed by atoms with Crippen LogP contribution in [0.25, 0.3) is 0 Å². The first-order chi connectivity index (χ1) is 8.32. The van der Waals surface area contributed by atoms with Crippen LogP contribution in [0, 0.1) is 5.92 Å². The molecule has 0 fully saturated rings. The predicted octanol–water partition coefficient (Wildman–Crippen LogP) is 0.678. The number of carbonyl (C=O) groups excluding carboxylic acids is 2. The second-order valence-electron chi connectivity index (χ2n) is 4.23. The summed E-state index contributed by atoms with van der Waals surface area (Å²) in [7, 11) is 1.65. The largest absolute Gasteiger partial charge is 0.481 e. The third-order valence-electron chi connectivity index (χ3n) is 2.63. The van der Waals surface area contributed by atoms with E-state index in [2.05, 4.69) is 5.32 Å². The minimum Gasteiger partial charge on any atom is -0.481 e. The summed E-state index contributed by atoms with van der Waals surface area (Å²) in [6.07, 6.45) is 1.57. The molecular weight excluding hydrogens is 236 g/mol. The van der Waals surface area contributed by atoms with Gasteiger partial charge in [-0.05, 0) is 13.0 Å². The first kappa shape index (κ1) is 14.0. The number of aryl methyl sites for hydroxylation is 1. The van der Waals surface area contributed by atoms with Gasteiger partial charge in [-0.1, -0.05) is 6.92 Å². The maximum absolute atomic E-state index is 11.8. The van der Waals surface area contributed by atoms with Crippen LogP contribution in [0.2, 0.25) is 0 Å². The molecule has 0 bridgehead atoms. The quantitative estimate of drug-likeness (QED) is 0.754. The Kier molecular flexibility index (Phi) is 4.25. The monoisotopic (exact) mass is 252 g/mol. The van der Waals surface area contributed by atoms with Gasteiger partial charge in [0.25, 0.3) is 5.91 Å². The van der Waals surface area contributed by atoms with Crippen molar-refractivity contribution < 1.29 is 19.5 Å². The molecule has 1 rings (SSSR count). The topological polar surface area (TPSA) is 88.4 Å². The molecular formula is C12H16N2O4. The van der Waals surface area contributed by atoms with E-state index in [0.717, 1.165) is 0 Å². The van der Waals surface area contributed by atoms with Gasteiger partial charge in [0.15, 0.2) is 5.78 Å².